The number of ether oxygens (including phenoxy) is 4. The maximum atomic E-state index is 5.96. The van der Waals surface area contributed by atoms with Crippen molar-refractivity contribution in [2.75, 3.05) is 19.8 Å². The molecule has 2 aromatic carbocycles. The SMILES string of the molecule is CCOC(COc1ccc(Oc2cnc3cc(Cl)ccc3n2)cc1)OCC. The highest BCUT2D eigenvalue weighted by Gasteiger charge is 2.09. The van der Waals surface area contributed by atoms with Gasteiger partial charge >= 0.3 is 0 Å². The van der Waals surface area contributed by atoms with Crippen molar-refractivity contribution >= 4 is 22.6 Å². The summed E-state index contributed by atoms with van der Waals surface area (Å²) in [5.74, 6) is 1.74. The third kappa shape index (κ3) is 5.53. The Morgan fingerprint density at radius 3 is 2.33 bits per heavy atom. The fourth-order valence-electron chi connectivity index (χ4n) is 2.42. The van der Waals surface area contributed by atoms with Crippen LogP contribution in [0.3, 0.4) is 0 Å². The highest BCUT2D eigenvalue weighted by molar-refractivity contribution is 6.31. The minimum absolute atomic E-state index is 0.320. The second kappa shape index (κ2) is 9.50. The van der Waals surface area contributed by atoms with Crippen LogP contribution in [0.5, 0.6) is 17.4 Å². The third-order valence-electron chi connectivity index (χ3n) is 3.62. The minimum Gasteiger partial charge on any atom is -0.488 e. The Morgan fingerprint density at radius 1 is 0.926 bits per heavy atom. The van der Waals surface area contributed by atoms with Crippen LogP contribution in [0, 0.1) is 0 Å². The van der Waals surface area contributed by atoms with Gasteiger partial charge in [0.15, 0.2) is 6.29 Å². The van der Waals surface area contributed by atoms with Crippen LogP contribution in [0.1, 0.15) is 13.8 Å². The zero-order valence-electron chi connectivity index (χ0n) is 15.2. The molecule has 0 saturated carbocycles. The molecule has 0 N–H and O–H groups in total. The first kappa shape index (κ1) is 19.4. The molecule has 1 aromatic heterocycles. The molecule has 27 heavy (non-hydrogen) atoms. The Balaban J connectivity index is 1.61. The molecule has 1 heterocycles. The average molecular weight is 389 g/mol. The Morgan fingerprint density at radius 2 is 1.63 bits per heavy atom. The van der Waals surface area contributed by atoms with E-state index >= 15 is 0 Å². The predicted molar refractivity (Wildman–Crippen MR) is 104 cm³/mol. The molecule has 0 spiro atoms. The fourth-order valence-corrected chi connectivity index (χ4v) is 2.59. The van der Waals surface area contributed by atoms with Gasteiger partial charge in [-0.1, -0.05) is 11.6 Å². The van der Waals surface area contributed by atoms with Crippen molar-refractivity contribution in [2.24, 2.45) is 0 Å². The molecular weight excluding hydrogens is 368 g/mol. The van der Waals surface area contributed by atoms with Crippen molar-refractivity contribution < 1.29 is 18.9 Å². The van der Waals surface area contributed by atoms with E-state index in [0.717, 1.165) is 11.0 Å². The van der Waals surface area contributed by atoms with Gasteiger partial charge < -0.3 is 18.9 Å². The maximum Gasteiger partial charge on any atom is 0.238 e. The number of hydrogen-bond acceptors (Lipinski definition) is 6. The summed E-state index contributed by atoms with van der Waals surface area (Å²) < 4.78 is 22.4. The second-order valence-electron chi connectivity index (χ2n) is 5.57. The molecule has 3 rings (SSSR count). The van der Waals surface area contributed by atoms with Crippen molar-refractivity contribution in [1.29, 1.82) is 0 Å². The average Bonchev–Trinajstić information content (AvgIpc) is 2.68. The van der Waals surface area contributed by atoms with Gasteiger partial charge in [-0.15, -0.1) is 0 Å². The lowest BCUT2D eigenvalue weighted by molar-refractivity contribution is -0.152. The van der Waals surface area contributed by atoms with E-state index in [9.17, 15) is 0 Å². The molecule has 6 nitrogen and oxygen atoms in total. The first-order valence-electron chi connectivity index (χ1n) is 8.74. The van der Waals surface area contributed by atoms with E-state index in [4.69, 9.17) is 30.5 Å². The normalized spacial score (nSPS) is 11.1. The summed E-state index contributed by atoms with van der Waals surface area (Å²) in [6.07, 6.45) is 1.19. The summed E-state index contributed by atoms with van der Waals surface area (Å²) in [6.45, 7) is 5.30. The molecule has 142 valence electrons. The summed E-state index contributed by atoms with van der Waals surface area (Å²) in [5, 5.41) is 0.622. The summed E-state index contributed by atoms with van der Waals surface area (Å²) in [5.41, 5.74) is 1.44. The molecule has 0 amide bonds. The van der Waals surface area contributed by atoms with Crippen LogP contribution >= 0.6 is 11.6 Å². The van der Waals surface area contributed by atoms with Gasteiger partial charge in [0.25, 0.3) is 0 Å². The number of aromatic nitrogens is 2. The number of halogens is 1. The monoisotopic (exact) mass is 388 g/mol. The standard InChI is InChI=1S/C20H21ClN2O4/c1-3-24-20(25-4-2)13-26-15-6-8-16(9-7-15)27-19-12-22-18-11-14(21)5-10-17(18)23-19/h5-12,20H,3-4,13H2,1-2H3. The summed E-state index contributed by atoms with van der Waals surface area (Å²) in [7, 11) is 0. The van der Waals surface area contributed by atoms with Crippen LogP contribution in [-0.4, -0.2) is 36.1 Å². The van der Waals surface area contributed by atoms with Crippen LogP contribution in [0.2, 0.25) is 5.02 Å². The van der Waals surface area contributed by atoms with Crippen molar-refractivity contribution in [3.63, 3.8) is 0 Å². The van der Waals surface area contributed by atoms with E-state index in [2.05, 4.69) is 9.97 Å². The zero-order chi connectivity index (χ0) is 19.1. The van der Waals surface area contributed by atoms with Gasteiger partial charge in [0, 0.05) is 18.2 Å². The number of fused-ring (bicyclic) bond motifs is 1. The topological polar surface area (TPSA) is 62.7 Å². The Kier molecular flexibility index (Phi) is 6.81. The van der Waals surface area contributed by atoms with Gasteiger partial charge in [0.05, 0.1) is 17.2 Å². The lowest BCUT2D eigenvalue weighted by Gasteiger charge is -2.17. The van der Waals surface area contributed by atoms with Crippen LogP contribution in [0.4, 0.5) is 0 Å². The fraction of sp³-hybridized carbons (Fsp3) is 0.300. The molecule has 0 unspecified atom stereocenters. The highest BCUT2D eigenvalue weighted by Crippen LogP contribution is 2.24. The number of benzene rings is 2. The summed E-state index contributed by atoms with van der Waals surface area (Å²) in [4.78, 5) is 8.74. The molecular formula is C20H21ClN2O4. The molecule has 0 bridgehead atoms. The Bertz CT molecular complexity index is 867. The van der Waals surface area contributed by atoms with Crippen LogP contribution in [0.15, 0.2) is 48.7 Å². The van der Waals surface area contributed by atoms with Crippen LogP contribution < -0.4 is 9.47 Å². The van der Waals surface area contributed by atoms with Crippen molar-refractivity contribution in [3.8, 4) is 17.4 Å². The molecule has 7 heteroatoms. The smallest absolute Gasteiger partial charge is 0.238 e. The highest BCUT2D eigenvalue weighted by atomic mass is 35.5. The first-order valence-corrected chi connectivity index (χ1v) is 9.12. The summed E-state index contributed by atoms with van der Waals surface area (Å²) >= 11 is 5.96. The number of nitrogens with zero attached hydrogens (tertiary/aromatic N) is 2. The Labute approximate surface area is 163 Å². The van der Waals surface area contributed by atoms with Crippen molar-refractivity contribution in [3.05, 3.63) is 53.7 Å². The van der Waals surface area contributed by atoms with Gasteiger partial charge in [0.1, 0.15) is 18.1 Å². The molecule has 0 aliphatic heterocycles. The number of rotatable bonds is 9. The van der Waals surface area contributed by atoms with E-state index in [1.54, 1.807) is 30.5 Å². The molecule has 0 saturated heterocycles. The Hall–Kier alpha value is -2.41. The van der Waals surface area contributed by atoms with Gasteiger partial charge in [-0.3, -0.25) is 0 Å². The van der Waals surface area contributed by atoms with Crippen LogP contribution in [-0.2, 0) is 9.47 Å². The van der Waals surface area contributed by atoms with E-state index in [-0.39, 0.29) is 6.29 Å². The maximum absolute atomic E-state index is 5.96. The molecule has 0 atom stereocenters. The molecule has 0 radical (unpaired) electrons. The van der Waals surface area contributed by atoms with E-state index < -0.39 is 0 Å². The van der Waals surface area contributed by atoms with Crippen LogP contribution in [0.25, 0.3) is 11.0 Å². The lowest BCUT2D eigenvalue weighted by atomic mass is 10.3. The lowest BCUT2D eigenvalue weighted by Crippen LogP contribution is -2.25. The largest absolute Gasteiger partial charge is 0.488 e. The molecule has 3 aromatic rings. The van der Waals surface area contributed by atoms with Gasteiger partial charge in [0.2, 0.25) is 5.88 Å². The van der Waals surface area contributed by atoms with Gasteiger partial charge in [-0.05, 0) is 56.3 Å². The molecule has 0 fully saturated rings. The van der Waals surface area contributed by atoms with E-state index in [0.29, 0.717) is 42.2 Å². The van der Waals surface area contributed by atoms with Gasteiger partial charge in [-0.2, -0.15) is 0 Å². The zero-order valence-corrected chi connectivity index (χ0v) is 16.0. The third-order valence-corrected chi connectivity index (χ3v) is 3.85. The van der Waals surface area contributed by atoms with Gasteiger partial charge in [-0.25, -0.2) is 9.97 Å². The molecule has 0 aliphatic carbocycles. The number of hydrogen-bond donors (Lipinski definition) is 0. The van der Waals surface area contributed by atoms with Crippen molar-refractivity contribution in [1.82, 2.24) is 9.97 Å². The van der Waals surface area contributed by atoms with E-state index in [1.807, 2.05) is 32.0 Å². The van der Waals surface area contributed by atoms with E-state index in [1.165, 1.54) is 0 Å². The van der Waals surface area contributed by atoms with Crippen molar-refractivity contribution in [2.45, 2.75) is 20.1 Å². The minimum atomic E-state index is -0.377. The summed E-state index contributed by atoms with van der Waals surface area (Å²) in [6, 6.07) is 12.6. The molecule has 0 aliphatic rings. The first-order chi connectivity index (χ1) is 13.2. The quantitative estimate of drug-likeness (QED) is 0.488. The predicted octanol–water partition coefficient (Wildman–Crippen LogP) is 4.85. The second-order valence-corrected chi connectivity index (χ2v) is 6.00.